The van der Waals surface area contributed by atoms with E-state index < -0.39 is 0 Å². The van der Waals surface area contributed by atoms with Gasteiger partial charge in [0.1, 0.15) is 4.70 Å². The first-order chi connectivity index (χ1) is 15.6. The number of aromatic nitrogens is 2. The molecule has 0 saturated carbocycles. The highest BCUT2D eigenvalue weighted by molar-refractivity contribution is 8.00. The number of rotatable bonds is 10. The van der Waals surface area contributed by atoms with Crippen LogP contribution in [0.5, 0.6) is 11.5 Å². The Bertz CT molecular complexity index is 1160. The van der Waals surface area contributed by atoms with E-state index in [-0.39, 0.29) is 23.5 Å². The van der Waals surface area contributed by atoms with Crippen LogP contribution in [0.4, 0.5) is 0 Å². The fourth-order valence-electron chi connectivity index (χ4n) is 3.37. The largest absolute Gasteiger partial charge is 0.454 e. The van der Waals surface area contributed by atoms with E-state index in [2.05, 4.69) is 5.32 Å². The smallest absolute Gasteiger partial charge is 0.272 e. The van der Waals surface area contributed by atoms with Crippen LogP contribution in [0.3, 0.4) is 0 Å². The number of thiophene rings is 1. The van der Waals surface area contributed by atoms with E-state index in [1.807, 2.05) is 36.6 Å². The molecule has 0 radical (unpaired) electrons. The number of nitrogens with zero attached hydrogens (tertiary/aromatic N) is 2. The first kappa shape index (κ1) is 22.6. The number of benzene rings is 1. The highest BCUT2D eigenvalue weighted by Crippen LogP contribution is 2.33. The van der Waals surface area contributed by atoms with Crippen molar-refractivity contribution in [2.75, 3.05) is 27.1 Å². The van der Waals surface area contributed by atoms with Gasteiger partial charge in [0.25, 0.3) is 5.56 Å². The molecule has 1 aliphatic heterocycles. The summed E-state index contributed by atoms with van der Waals surface area (Å²) >= 11 is 2.69. The third-order valence-electron chi connectivity index (χ3n) is 5.04. The fourth-order valence-corrected chi connectivity index (χ4v) is 5.18. The van der Waals surface area contributed by atoms with E-state index in [1.54, 1.807) is 11.7 Å². The van der Waals surface area contributed by atoms with Crippen molar-refractivity contribution in [1.29, 1.82) is 0 Å². The molecule has 4 rings (SSSR count). The number of carbonyl (C=O) groups excluding carboxylic acids is 1. The van der Waals surface area contributed by atoms with Gasteiger partial charge >= 0.3 is 0 Å². The fraction of sp³-hybridized carbons (Fsp3) is 0.409. The second-order valence-electron chi connectivity index (χ2n) is 7.26. The zero-order chi connectivity index (χ0) is 22.5. The number of amides is 1. The molecule has 170 valence electrons. The number of nitrogens with one attached hydrogen (secondary N) is 1. The lowest BCUT2D eigenvalue weighted by molar-refractivity contribution is -0.120. The summed E-state index contributed by atoms with van der Waals surface area (Å²) in [5.41, 5.74) is 1.44. The molecule has 8 nitrogen and oxygen atoms in total. The van der Waals surface area contributed by atoms with E-state index in [1.165, 1.54) is 23.1 Å². The predicted molar refractivity (Wildman–Crippen MR) is 125 cm³/mol. The summed E-state index contributed by atoms with van der Waals surface area (Å²) in [5, 5.41) is 4.98. The van der Waals surface area contributed by atoms with Gasteiger partial charge in [-0.1, -0.05) is 24.8 Å². The lowest BCUT2D eigenvalue weighted by atomic mass is 10.2. The first-order valence-corrected chi connectivity index (χ1v) is 12.2. The third kappa shape index (κ3) is 4.92. The Morgan fingerprint density at radius 1 is 1.34 bits per heavy atom. The Balaban J connectivity index is 1.61. The summed E-state index contributed by atoms with van der Waals surface area (Å²) in [5.74, 6) is 1.29. The molecule has 0 fully saturated rings. The van der Waals surface area contributed by atoms with E-state index >= 15 is 0 Å². The SMILES string of the molecule is CC[C@@H](Sc1nc2ccsc2c(=O)n1Cc1ccc2c(c1)OCO2)C(=O)NCCCOC. The van der Waals surface area contributed by atoms with Crippen LogP contribution >= 0.6 is 23.1 Å². The minimum atomic E-state index is -0.358. The second kappa shape index (κ2) is 10.4. The Kier molecular flexibility index (Phi) is 7.33. The highest BCUT2D eigenvalue weighted by atomic mass is 32.2. The van der Waals surface area contributed by atoms with Crippen LogP contribution in [-0.2, 0) is 16.1 Å². The molecule has 1 N–H and O–H groups in total. The van der Waals surface area contributed by atoms with Gasteiger partial charge in [0.15, 0.2) is 16.7 Å². The van der Waals surface area contributed by atoms with Gasteiger partial charge in [-0.3, -0.25) is 14.2 Å². The van der Waals surface area contributed by atoms with Gasteiger partial charge in [-0.15, -0.1) is 11.3 Å². The zero-order valence-electron chi connectivity index (χ0n) is 18.0. The van der Waals surface area contributed by atoms with Crippen molar-refractivity contribution in [2.24, 2.45) is 0 Å². The first-order valence-electron chi connectivity index (χ1n) is 10.4. The topological polar surface area (TPSA) is 91.7 Å². The molecule has 0 bridgehead atoms. The minimum Gasteiger partial charge on any atom is -0.454 e. The van der Waals surface area contributed by atoms with Crippen molar-refractivity contribution in [2.45, 2.75) is 36.7 Å². The summed E-state index contributed by atoms with van der Waals surface area (Å²) in [6.07, 6.45) is 1.36. The van der Waals surface area contributed by atoms with E-state index in [0.29, 0.717) is 53.0 Å². The maximum absolute atomic E-state index is 13.3. The van der Waals surface area contributed by atoms with Crippen LogP contribution in [0.1, 0.15) is 25.3 Å². The van der Waals surface area contributed by atoms with Gasteiger partial charge in [-0.2, -0.15) is 0 Å². The normalized spacial score (nSPS) is 13.4. The molecular formula is C22H25N3O5S2. The van der Waals surface area contributed by atoms with Gasteiger partial charge in [0.2, 0.25) is 12.7 Å². The average Bonchev–Trinajstić information content (AvgIpc) is 3.46. The van der Waals surface area contributed by atoms with Crippen molar-refractivity contribution in [1.82, 2.24) is 14.9 Å². The molecule has 0 unspecified atom stereocenters. The molecule has 0 spiro atoms. The molecule has 2 aromatic heterocycles. The molecule has 0 aliphatic carbocycles. The maximum atomic E-state index is 13.3. The molecular weight excluding hydrogens is 450 g/mol. The van der Waals surface area contributed by atoms with Crippen LogP contribution in [0.25, 0.3) is 10.2 Å². The van der Waals surface area contributed by atoms with Crippen molar-refractivity contribution in [3.63, 3.8) is 0 Å². The molecule has 1 atom stereocenters. The quantitative estimate of drug-likeness (QED) is 0.273. The molecule has 3 heterocycles. The van der Waals surface area contributed by atoms with Crippen molar-refractivity contribution < 1.29 is 19.0 Å². The lowest BCUT2D eigenvalue weighted by Crippen LogP contribution is -2.34. The monoisotopic (exact) mass is 475 g/mol. The summed E-state index contributed by atoms with van der Waals surface area (Å²) in [6, 6.07) is 7.46. The van der Waals surface area contributed by atoms with Crippen molar-refractivity contribution in [3.8, 4) is 11.5 Å². The highest BCUT2D eigenvalue weighted by Gasteiger charge is 2.23. The Morgan fingerprint density at radius 2 is 2.19 bits per heavy atom. The molecule has 1 aliphatic rings. The number of fused-ring (bicyclic) bond motifs is 2. The number of hydrogen-bond acceptors (Lipinski definition) is 8. The van der Waals surface area contributed by atoms with Crippen LogP contribution in [0, 0.1) is 0 Å². The standard InChI is InChI=1S/C22H25N3O5S2/c1-3-18(20(26)23-8-4-9-28-2)32-22-24-15-7-10-31-19(15)21(27)25(22)12-14-5-6-16-17(11-14)30-13-29-16/h5-7,10-11,18H,3-4,8-9,12-13H2,1-2H3,(H,23,26)/t18-/m1/s1. The van der Waals surface area contributed by atoms with Crippen molar-refractivity contribution in [3.05, 3.63) is 45.6 Å². The van der Waals surface area contributed by atoms with Crippen LogP contribution in [0.2, 0.25) is 0 Å². The third-order valence-corrected chi connectivity index (χ3v) is 7.29. The Hall–Kier alpha value is -2.56. The zero-order valence-corrected chi connectivity index (χ0v) is 19.6. The molecule has 1 amide bonds. The number of carbonyl (C=O) groups is 1. The van der Waals surface area contributed by atoms with Crippen LogP contribution in [0.15, 0.2) is 39.6 Å². The van der Waals surface area contributed by atoms with Crippen molar-refractivity contribution >= 4 is 39.2 Å². The van der Waals surface area contributed by atoms with Gasteiger partial charge in [-0.05, 0) is 42.0 Å². The summed E-state index contributed by atoms with van der Waals surface area (Å²) in [6.45, 7) is 3.61. The van der Waals surface area contributed by atoms with E-state index in [0.717, 1.165) is 12.0 Å². The van der Waals surface area contributed by atoms with Crippen LogP contribution < -0.4 is 20.3 Å². The minimum absolute atomic E-state index is 0.0668. The van der Waals surface area contributed by atoms with Gasteiger partial charge < -0.3 is 19.5 Å². The van der Waals surface area contributed by atoms with E-state index in [4.69, 9.17) is 19.2 Å². The van der Waals surface area contributed by atoms with E-state index in [9.17, 15) is 9.59 Å². The second-order valence-corrected chi connectivity index (χ2v) is 9.35. The molecule has 32 heavy (non-hydrogen) atoms. The summed E-state index contributed by atoms with van der Waals surface area (Å²) in [7, 11) is 1.64. The summed E-state index contributed by atoms with van der Waals surface area (Å²) < 4.78 is 18.1. The van der Waals surface area contributed by atoms with Gasteiger partial charge in [0, 0.05) is 20.3 Å². The number of thioether (sulfide) groups is 1. The molecule has 0 saturated heterocycles. The lowest BCUT2D eigenvalue weighted by Gasteiger charge is -2.17. The number of hydrogen-bond donors (Lipinski definition) is 1. The molecule has 10 heteroatoms. The molecule has 3 aromatic rings. The van der Waals surface area contributed by atoms with Gasteiger partial charge in [-0.25, -0.2) is 4.98 Å². The van der Waals surface area contributed by atoms with Gasteiger partial charge in [0.05, 0.1) is 17.3 Å². The number of ether oxygens (including phenoxy) is 3. The number of methoxy groups -OCH3 is 1. The Morgan fingerprint density at radius 3 is 3.00 bits per heavy atom. The predicted octanol–water partition coefficient (Wildman–Crippen LogP) is 3.26. The average molecular weight is 476 g/mol. The summed E-state index contributed by atoms with van der Waals surface area (Å²) in [4.78, 5) is 30.7. The molecule has 1 aromatic carbocycles. The maximum Gasteiger partial charge on any atom is 0.272 e. The Labute approximate surface area is 193 Å². The van der Waals surface area contributed by atoms with Crippen LogP contribution in [-0.4, -0.2) is 47.8 Å².